The Kier molecular flexibility index (Phi) is 2.80. The summed E-state index contributed by atoms with van der Waals surface area (Å²) in [6.45, 7) is 0.182. The zero-order valence-electron chi connectivity index (χ0n) is 11.8. The van der Waals surface area contributed by atoms with Gasteiger partial charge in [-0.05, 0) is 18.2 Å². The molecule has 0 saturated carbocycles. The topological polar surface area (TPSA) is 113 Å². The number of anilines is 2. The third kappa shape index (κ3) is 1.83. The van der Waals surface area contributed by atoms with E-state index in [0.29, 0.717) is 5.69 Å². The van der Waals surface area contributed by atoms with Crippen LogP contribution in [0.1, 0.15) is 0 Å². The molecule has 1 aromatic rings. The van der Waals surface area contributed by atoms with E-state index < -0.39 is 29.5 Å². The fourth-order valence-electron chi connectivity index (χ4n) is 3.78. The third-order valence-corrected chi connectivity index (χ3v) is 4.75. The van der Waals surface area contributed by atoms with Gasteiger partial charge in [-0.3, -0.25) is 14.8 Å². The molecule has 2 fully saturated rings. The van der Waals surface area contributed by atoms with E-state index in [9.17, 15) is 19.9 Å². The van der Waals surface area contributed by atoms with Crippen molar-refractivity contribution < 1.29 is 24.6 Å². The van der Waals surface area contributed by atoms with Crippen molar-refractivity contribution in [1.29, 1.82) is 0 Å². The van der Waals surface area contributed by atoms with Gasteiger partial charge in [0, 0.05) is 5.69 Å². The molecule has 0 radical (unpaired) electrons. The van der Waals surface area contributed by atoms with Crippen molar-refractivity contribution in [2.24, 2.45) is 11.8 Å². The van der Waals surface area contributed by atoms with E-state index in [1.165, 1.54) is 23.1 Å². The third-order valence-electron chi connectivity index (χ3n) is 4.75. The van der Waals surface area contributed by atoms with Crippen molar-refractivity contribution in [2.45, 2.75) is 11.7 Å². The van der Waals surface area contributed by atoms with E-state index in [4.69, 9.17) is 9.94 Å². The lowest BCUT2D eigenvalue weighted by atomic mass is 9.77. The van der Waals surface area contributed by atoms with Gasteiger partial charge in [-0.15, -0.1) is 0 Å². The second-order valence-electron chi connectivity index (χ2n) is 5.96. The molecule has 0 aliphatic carbocycles. The second kappa shape index (κ2) is 4.54. The minimum absolute atomic E-state index is 0.0135. The first kappa shape index (κ1) is 14.2. The van der Waals surface area contributed by atoms with Gasteiger partial charge in [0.1, 0.15) is 11.5 Å². The van der Waals surface area contributed by atoms with Gasteiger partial charge < -0.3 is 25.2 Å². The molecule has 4 atom stereocenters. The van der Waals surface area contributed by atoms with Crippen molar-refractivity contribution >= 4 is 23.3 Å². The molecule has 1 amide bonds. The first-order valence-electron chi connectivity index (χ1n) is 7.10. The summed E-state index contributed by atoms with van der Waals surface area (Å²) in [6.07, 6.45) is 2.87. The van der Waals surface area contributed by atoms with Crippen LogP contribution in [0.2, 0.25) is 0 Å². The number of ether oxygens (including phenoxy) is 1. The molecule has 0 aromatic heterocycles. The number of fused-ring (bicyclic) bond motifs is 1. The summed E-state index contributed by atoms with van der Waals surface area (Å²) in [5.74, 6) is -3.10. The molecule has 2 bridgehead atoms. The summed E-state index contributed by atoms with van der Waals surface area (Å²) in [5.41, 5.74) is -0.534. The number of carbonyl (C=O) groups is 2. The Morgan fingerprint density at radius 2 is 2.26 bits per heavy atom. The first-order valence-corrected chi connectivity index (χ1v) is 7.10. The number of hydrogen-bond donors (Lipinski definition) is 2. The largest absolute Gasteiger partial charge is 0.733 e. The summed E-state index contributed by atoms with van der Waals surface area (Å²) in [7, 11) is 0. The first-order chi connectivity index (χ1) is 10.9. The molecule has 23 heavy (non-hydrogen) atoms. The van der Waals surface area contributed by atoms with Crippen LogP contribution in [0.5, 0.6) is 0 Å². The van der Waals surface area contributed by atoms with Gasteiger partial charge >= 0.3 is 5.97 Å². The predicted octanol–water partition coefficient (Wildman–Crippen LogP) is 0.751. The van der Waals surface area contributed by atoms with E-state index in [2.05, 4.69) is 0 Å². The van der Waals surface area contributed by atoms with E-state index >= 15 is 0 Å². The Labute approximate surface area is 130 Å². The molecule has 0 unspecified atom stereocenters. The van der Waals surface area contributed by atoms with Gasteiger partial charge in [0.2, 0.25) is 5.91 Å². The van der Waals surface area contributed by atoms with E-state index in [1.807, 2.05) is 0 Å². The number of hydrogen-bond acceptors (Lipinski definition) is 6. The number of nitrogens with zero attached hydrogens (tertiary/aromatic N) is 2. The van der Waals surface area contributed by atoms with Crippen molar-refractivity contribution in [3.8, 4) is 0 Å². The van der Waals surface area contributed by atoms with Crippen LogP contribution in [-0.4, -0.2) is 40.4 Å². The molecule has 2 saturated heterocycles. The number of carbonyl (C=O) groups excluding carboxylic acids is 1. The Bertz CT molecular complexity index is 732. The molecule has 3 aliphatic heterocycles. The average molecular weight is 317 g/mol. The van der Waals surface area contributed by atoms with E-state index in [-0.39, 0.29) is 23.4 Å². The molecular weight excluding hydrogens is 304 g/mol. The van der Waals surface area contributed by atoms with Gasteiger partial charge in [0.15, 0.2) is 0 Å². The van der Waals surface area contributed by atoms with E-state index in [1.54, 1.807) is 18.2 Å². The lowest BCUT2D eigenvalue weighted by molar-refractivity contribution is -0.146. The number of carboxylic acids is 1. The molecule has 1 aromatic carbocycles. The number of aliphatic carboxylic acids is 1. The number of amides is 1. The van der Waals surface area contributed by atoms with Crippen LogP contribution in [0.4, 0.5) is 11.4 Å². The quantitative estimate of drug-likeness (QED) is 0.624. The van der Waals surface area contributed by atoms with Crippen LogP contribution in [0.15, 0.2) is 36.4 Å². The van der Waals surface area contributed by atoms with Crippen LogP contribution in [0.25, 0.3) is 0 Å². The maximum atomic E-state index is 12.8. The van der Waals surface area contributed by atoms with Crippen molar-refractivity contribution in [2.75, 3.05) is 16.7 Å². The molecule has 2 N–H and O–H groups in total. The Hall–Kier alpha value is -2.42. The molecule has 3 heterocycles. The fourth-order valence-corrected chi connectivity index (χ4v) is 3.78. The summed E-state index contributed by atoms with van der Waals surface area (Å²) in [4.78, 5) is 25.7. The molecule has 3 aliphatic rings. The Morgan fingerprint density at radius 3 is 2.96 bits per heavy atom. The molecule has 120 valence electrons. The minimum Gasteiger partial charge on any atom is -0.733 e. The van der Waals surface area contributed by atoms with Gasteiger partial charge in [-0.25, -0.2) is 0 Å². The number of rotatable bonds is 3. The molecule has 1 spiro atoms. The lowest BCUT2D eigenvalue weighted by Gasteiger charge is -2.25. The number of benzene rings is 1. The fraction of sp³-hybridized carbons (Fsp3) is 0.333. The number of carboxylic acid groups (broad SMARTS) is 1. The molecule has 4 rings (SSSR count). The van der Waals surface area contributed by atoms with Crippen LogP contribution in [-0.2, 0) is 14.3 Å². The van der Waals surface area contributed by atoms with Gasteiger partial charge in [0.25, 0.3) is 0 Å². The van der Waals surface area contributed by atoms with Gasteiger partial charge in [-0.2, -0.15) is 0 Å². The zero-order valence-corrected chi connectivity index (χ0v) is 11.8. The predicted molar refractivity (Wildman–Crippen MR) is 77.8 cm³/mol. The van der Waals surface area contributed by atoms with Crippen molar-refractivity contribution in [3.63, 3.8) is 0 Å². The SMILES string of the molecule is O=C(O)[C@@H]1[C@H]2C(=O)N(c3cccc(N([O-])O)c3)C[C@]23C=C[C@H]1O3. The standard InChI is InChI=1S/C15H13N2O6/c18-13-12-11(14(19)20)10-4-5-15(12,23-10)7-16(13)8-2-1-3-9(6-8)17(21)22/h1-6,10-12,21H,7H2,(H,19,20)/q-1/t10-,11+,12+,15-/m1/s1. The Balaban J connectivity index is 1.72. The maximum Gasteiger partial charge on any atom is 0.310 e. The van der Waals surface area contributed by atoms with Crippen molar-refractivity contribution in [1.82, 2.24) is 0 Å². The van der Waals surface area contributed by atoms with Crippen molar-refractivity contribution in [3.05, 3.63) is 41.6 Å². The lowest BCUT2D eigenvalue weighted by Crippen LogP contribution is -2.39. The summed E-state index contributed by atoms with van der Waals surface area (Å²) < 4.78 is 5.78. The van der Waals surface area contributed by atoms with Crippen LogP contribution >= 0.6 is 0 Å². The highest BCUT2D eigenvalue weighted by molar-refractivity contribution is 6.02. The average Bonchev–Trinajstić information content (AvgIpc) is 3.15. The second-order valence-corrected chi connectivity index (χ2v) is 5.96. The minimum atomic E-state index is -1.06. The summed E-state index contributed by atoms with van der Waals surface area (Å²) in [6, 6.07) is 5.93. The smallest absolute Gasteiger partial charge is 0.310 e. The maximum absolute atomic E-state index is 12.8. The molecule has 8 nitrogen and oxygen atoms in total. The van der Waals surface area contributed by atoms with E-state index in [0.717, 1.165) is 0 Å². The van der Waals surface area contributed by atoms with Gasteiger partial charge in [-0.1, -0.05) is 18.2 Å². The zero-order chi connectivity index (χ0) is 16.4. The normalized spacial score (nSPS) is 34.1. The highest BCUT2D eigenvalue weighted by Crippen LogP contribution is 2.52. The van der Waals surface area contributed by atoms with Crippen LogP contribution in [0, 0.1) is 17.0 Å². The molecular formula is C15H13N2O6-. The van der Waals surface area contributed by atoms with Crippen LogP contribution < -0.4 is 10.1 Å². The summed E-state index contributed by atoms with van der Waals surface area (Å²) >= 11 is 0. The summed E-state index contributed by atoms with van der Waals surface area (Å²) in [5, 5.41) is 29.1. The highest BCUT2D eigenvalue weighted by atomic mass is 16.8. The highest BCUT2D eigenvalue weighted by Gasteiger charge is 2.67. The monoisotopic (exact) mass is 317 g/mol. The molecule has 8 heteroatoms. The Morgan fingerprint density at radius 1 is 1.48 bits per heavy atom. The van der Waals surface area contributed by atoms with Gasteiger partial charge in [0.05, 0.1) is 24.3 Å². The van der Waals surface area contributed by atoms with Crippen LogP contribution in [0.3, 0.4) is 0 Å².